The number of rotatable bonds is 8. The van der Waals surface area contributed by atoms with Gasteiger partial charge < -0.3 is 14.7 Å². The van der Waals surface area contributed by atoms with Crippen molar-refractivity contribution in [3.63, 3.8) is 0 Å². The smallest absolute Gasteiger partial charge is 0.300 e. The Morgan fingerprint density at radius 3 is 2.14 bits per heavy atom. The number of halogens is 2. The van der Waals surface area contributed by atoms with Gasteiger partial charge in [0.15, 0.2) is 11.6 Å². The Hall–Kier alpha value is -4.20. The van der Waals surface area contributed by atoms with E-state index in [4.69, 9.17) is 4.74 Å². The Morgan fingerprint density at radius 1 is 0.919 bits per heavy atom. The van der Waals surface area contributed by atoms with E-state index < -0.39 is 29.4 Å². The summed E-state index contributed by atoms with van der Waals surface area (Å²) >= 11 is 0. The third kappa shape index (κ3) is 4.91. The number of ketones is 1. The number of hydrogen-bond donors (Lipinski definition) is 1. The maximum absolute atomic E-state index is 14.2. The predicted octanol–water partition coefficient (Wildman–Crippen LogP) is 5.84. The maximum Gasteiger partial charge on any atom is 0.300 e. The fraction of sp³-hybridized carbons (Fsp3) is 0.241. The molecule has 0 aliphatic carbocycles. The maximum atomic E-state index is 14.2. The molecule has 0 radical (unpaired) electrons. The van der Waals surface area contributed by atoms with Crippen LogP contribution in [0.4, 0.5) is 20.2 Å². The predicted molar refractivity (Wildman–Crippen MR) is 139 cm³/mol. The van der Waals surface area contributed by atoms with Crippen molar-refractivity contribution in [3.05, 3.63) is 95.1 Å². The number of ether oxygens (including phenoxy) is 1. The van der Waals surface area contributed by atoms with Gasteiger partial charge in [0, 0.05) is 36.1 Å². The highest BCUT2D eigenvalue weighted by Crippen LogP contribution is 2.43. The molecule has 3 aromatic carbocycles. The molecule has 4 rings (SSSR count). The number of Topliss-reactive ketones (excluding diaryl/α,β-unsaturated/α-hetero) is 1. The molecule has 1 heterocycles. The molecule has 1 atom stereocenters. The first-order chi connectivity index (χ1) is 17.8. The first-order valence-electron chi connectivity index (χ1n) is 12.1. The molecule has 1 aliphatic heterocycles. The molecule has 0 aromatic heterocycles. The number of carbonyl (C=O) groups excluding carboxylic acids is 2. The summed E-state index contributed by atoms with van der Waals surface area (Å²) < 4.78 is 33.3. The number of hydrogen-bond acceptors (Lipinski definition) is 5. The van der Waals surface area contributed by atoms with Crippen LogP contribution in [0.1, 0.15) is 37.9 Å². The Labute approximate surface area is 214 Å². The topological polar surface area (TPSA) is 70.1 Å². The largest absolute Gasteiger partial charge is 0.507 e. The highest BCUT2D eigenvalue weighted by atomic mass is 19.2. The van der Waals surface area contributed by atoms with Crippen molar-refractivity contribution in [1.29, 1.82) is 0 Å². The van der Waals surface area contributed by atoms with Crippen molar-refractivity contribution in [2.45, 2.75) is 26.8 Å². The van der Waals surface area contributed by atoms with Crippen LogP contribution in [-0.4, -0.2) is 36.5 Å². The Balaban J connectivity index is 1.87. The van der Waals surface area contributed by atoms with Crippen LogP contribution in [0.25, 0.3) is 5.76 Å². The van der Waals surface area contributed by atoms with Crippen LogP contribution in [0, 0.1) is 11.6 Å². The molecule has 1 saturated heterocycles. The number of carbonyl (C=O) groups is 2. The SMILES string of the molecule is CCOc1ccc(/C(O)=C2\C(=O)C(=O)N(c3ccc(F)c(F)c3)C2c2ccc(N(CC)CC)cc2)cc1. The van der Waals surface area contributed by atoms with Crippen LogP contribution in [0.3, 0.4) is 0 Å². The summed E-state index contributed by atoms with van der Waals surface area (Å²) in [6, 6.07) is 15.7. The van der Waals surface area contributed by atoms with E-state index in [2.05, 4.69) is 4.90 Å². The van der Waals surface area contributed by atoms with Crippen molar-refractivity contribution in [2.75, 3.05) is 29.5 Å². The summed E-state index contributed by atoms with van der Waals surface area (Å²) in [5.41, 5.74) is 1.66. The van der Waals surface area contributed by atoms with Gasteiger partial charge in [-0.05, 0) is 74.9 Å². The molecule has 1 N–H and O–H groups in total. The van der Waals surface area contributed by atoms with E-state index in [1.807, 2.05) is 32.9 Å². The van der Waals surface area contributed by atoms with E-state index in [1.54, 1.807) is 36.4 Å². The Bertz CT molecular complexity index is 1330. The minimum Gasteiger partial charge on any atom is -0.507 e. The minimum atomic E-state index is -1.15. The standard InChI is InChI=1S/C29H28F2N2O4/c1-4-32(5-2)20-11-7-18(8-12-20)26-25(27(34)19-9-14-22(15-10-19)37-6-3)28(35)29(36)33(26)21-13-16-23(30)24(31)17-21/h7-17,26,34H,4-6H2,1-3H3/b27-25+. The van der Waals surface area contributed by atoms with Gasteiger partial charge in [-0.15, -0.1) is 0 Å². The van der Waals surface area contributed by atoms with E-state index in [0.29, 0.717) is 23.5 Å². The molecule has 3 aromatic rings. The lowest BCUT2D eigenvalue weighted by atomic mass is 9.94. The van der Waals surface area contributed by atoms with Gasteiger partial charge in [-0.25, -0.2) is 8.78 Å². The molecule has 1 fully saturated rings. The lowest BCUT2D eigenvalue weighted by molar-refractivity contribution is -0.132. The molecular formula is C29H28F2N2O4. The fourth-order valence-corrected chi connectivity index (χ4v) is 4.54. The number of aliphatic hydroxyl groups excluding tert-OH is 1. The van der Waals surface area contributed by atoms with Gasteiger partial charge in [-0.3, -0.25) is 14.5 Å². The number of nitrogens with zero attached hydrogens (tertiary/aromatic N) is 2. The van der Waals surface area contributed by atoms with Crippen molar-refractivity contribution >= 4 is 28.8 Å². The molecule has 1 amide bonds. The van der Waals surface area contributed by atoms with Gasteiger partial charge in [0.25, 0.3) is 11.7 Å². The Kier molecular flexibility index (Phi) is 7.57. The molecule has 37 heavy (non-hydrogen) atoms. The van der Waals surface area contributed by atoms with E-state index >= 15 is 0 Å². The third-order valence-corrected chi connectivity index (χ3v) is 6.40. The van der Waals surface area contributed by atoms with Gasteiger partial charge in [-0.1, -0.05) is 12.1 Å². The highest BCUT2D eigenvalue weighted by molar-refractivity contribution is 6.51. The average molecular weight is 507 g/mol. The lowest BCUT2D eigenvalue weighted by Gasteiger charge is -2.27. The molecule has 0 spiro atoms. The second-order valence-corrected chi connectivity index (χ2v) is 8.49. The number of benzene rings is 3. The average Bonchev–Trinajstić information content (AvgIpc) is 3.17. The molecule has 1 unspecified atom stereocenters. The minimum absolute atomic E-state index is 0.00423. The zero-order valence-electron chi connectivity index (χ0n) is 20.9. The van der Waals surface area contributed by atoms with Crippen molar-refractivity contribution in [3.8, 4) is 5.75 Å². The van der Waals surface area contributed by atoms with Crippen molar-refractivity contribution in [1.82, 2.24) is 0 Å². The van der Waals surface area contributed by atoms with Crippen LogP contribution in [-0.2, 0) is 9.59 Å². The normalized spacial score (nSPS) is 16.8. The first kappa shape index (κ1) is 25.9. The molecule has 0 saturated carbocycles. The van der Waals surface area contributed by atoms with Crippen molar-refractivity contribution < 1.29 is 28.2 Å². The lowest BCUT2D eigenvalue weighted by Crippen LogP contribution is -2.29. The number of aliphatic hydroxyl groups is 1. The van der Waals surface area contributed by atoms with Crippen LogP contribution in [0.2, 0.25) is 0 Å². The zero-order valence-corrected chi connectivity index (χ0v) is 20.9. The van der Waals surface area contributed by atoms with E-state index in [1.165, 1.54) is 6.07 Å². The van der Waals surface area contributed by atoms with E-state index in [0.717, 1.165) is 35.8 Å². The summed E-state index contributed by atoms with van der Waals surface area (Å²) in [6.45, 7) is 7.97. The van der Waals surface area contributed by atoms with Gasteiger partial charge in [0.05, 0.1) is 18.2 Å². The van der Waals surface area contributed by atoms with Crippen molar-refractivity contribution in [2.24, 2.45) is 0 Å². The third-order valence-electron chi connectivity index (χ3n) is 6.40. The van der Waals surface area contributed by atoms with Gasteiger partial charge >= 0.3 is 0 Å². The number of anilines is 2. The molecule has 6 nitrogen and oxygen atoms in total. The van der Waals surface area contributed by atoms with Crippen LogP contribution < -0.4 is 14.5 Å². The summed E-state index contributed by atoms with van der Waals surface area (Å²) in [5, 5.41) is 11.2. The second kappa shape index (κ2) is 10.8. The highest BCUT2D eigenvalue weighted by Gasteiger charge is 2.47. The Morgan fingerprint density at radius 2 is 1.57 bits per heavy atom. The quantitative estimate of drug-likeness (QED) is 0.236. The van der Waals surface area contributed by atoms with Gasteiger partial charge in [-0.2, -0.15) is 0 Å². The molecular weight excluding hydrogens is 478 g/mol. The van der Waals surface area contributed by atoms with Gasteiger partial charge in [0.1, 0.15) is 11.5 Å². The summed E-state index contributed by atoms with van der Waals surface area (Å²) in [5.74, 6) is -3.88. The molecule has 1 aliphatic rings. The molecule has 8 heteroatoms. The molecule has 192 valence electrons. The second-order valence-electron chi connectivity index (χ2n) is 8.49. The van der Waals surface area contributed by atoms with Gasteiger partial charge in [0.2, 0.25) is 0 Å². The number of amides is 1. The summed E-state index contributed by atoms with van der Waals surface area (Å²) in [6.07, 6.45) is 0. The van der Waals surface area contributed by atoms with E-state index in [-0.39, 0.29) is 17.0 Å². The monoisotopic (exact) mass is 506 g/mol. The fourth-order valence-electron chi connectivity index (χ4n) is 4.54. The summed E-state index contributed by atoms with van der Waals surface area (Å²) in [7, 11) is 0. The molecule has 0 bridgehead atoms. The van der Waals surface area contributed by atoms with E-state index in [9.17, 15) is 23.5 Å². The first-order valence-corrected chi connectivity index (χ1v) is 12.1. The van der Waals surface area contributed by atoms with Crippen LogP contribution in [0.5, 0.6) is 5.75 Å². The van der Waals surface area contributed by atoms with Crippen LogP contribution >= 0.6 is 0 Å². The zero-order chi connectivity index (χ0) is 26.7. The van der Waals surface area contributed by atoms with Crippen LogP contribution in [0.15, 0.2) is 72.3 Å². The summed E-state index contributed by atoms with van der Waals surface area (Å²) in [4.78, 5) is 29.7.